The molecule has 1 rings (SSSR count). The van der Waals surface area contributed by atoms with Crippen molar-refractivity contribution in [1.29, 1.82) is 0 Å². The molecule has 114 valence electrons. The van der Waals surface area contributed by atoms with Gasteiger partial charge in [0.15, 0.2) is 0 Å². The van der Waals surface area contributed by atoms with Crippen LogP contribution in [0.3, 0.4) is 0 Å². The van der Waals surface area contributed by atoms with Crippen molar-refractivity contribution in [2.24, 2.45) is 5.92 Å². The van der Waals surface area contributed by atoms with Gasteiger partial charge in [0.25, 0.3) is 0 Å². The summed E-state index contributed by atoms with van der Waals surface area (Å²) in [5, 5.41) is 3.26. The minimum Gasteiger partial charge on any atom is -0.313 e. The van der Waals surface area contributed by atoms with Crippen molar-refractivity contribution in [3.05, 3.63) is 30.3 Å². The Morgan fingerprint density at radius 2 is 1.80 bits per heavy atom. The van der Waals surface area contributed by atoms with Gasteiger partial charge in [0.05, 0.1) is 4.90 Å². The van der Waals surface area contributed by atoms with Gasteiger partial charge in [0.2, 0.25) is 10.0 Å². The van der Waals surface area contributed by atoms with Crippen molar-refractivity contribution in [2.45, 2.75) is 37.6 Å². The Bertz CT molecular complexity index is 514. The lowest BCUT2D eigenvalue weighted by molar-refractivity contribution is 0.259. The second-order valence-electron chi connectivity index (χ2n) is 5.98. The van der Waals surface area contributed by atoms with Crippen molar-refractivity contribution in [1.82, 2.24) is 9.62 Å². The Kier molecular flexibility index (Phi) is 5.74. The number of benzene rings is 1. The first-order valence-electron chi connectivity index (χ1n) is 6.91. The SMILES string of the molecule is CNC(C)(CC(C)C)CN(C)S(=O)(=O)c1ccccc1. The fraction of sp³-hybridized carbons (Fsp3) is 0.600. The molecule has 0 aromatic heterocycles. The van der Waals surface area contributed by atoms with Crippen LogP contribution in [-0.4, -0.2) is 38.9 Å². The van der Waals surface area contributed by atoms with E-state index in [1.165, 1.54) is 4.31 Å². The van der Waals surface area contributed by atoms with Crippen LogP contribution in [0, 0.1) is 5.92 Å². The molecule has 0 fully saturated rings. The van der Waals surface area contributed by atoms with Gasteiger partial charge in [-0.25, -0.2) is 8.42 Å². The second-order valence-corrected chi connectivity index (χ2v) is 8.03. The van der Waals surface area contributed by atoms with Gasteiger partial charge in [-0.1, -0.05) is 32.0 Å². The van der Waals surface area contributed by atoms with E-state index in [1.807, 2.05) is 13.1 Å². The summed E-state index contributed by atoms with van der Waals surface area (Å²) < 4.78 is 26.5. The van der Waals surface area contributed by atoms with Crippen LogP contribution in [-0.2, 0) is 10.0 Å². The van der Waals surface area contributed by atoms with Crippen molar-refractivity contribution >= 4 is 10.0 Å². The number of nitrogens with one attached hydrogen (secondary N) is 1. The van der Waals surface area contributed by atoms with Gasteiger partial charge >= 0.3 is 0 Å². The first-order chi connectivity index (χ1) is 9.21. The Balaban J connectivity index is 2.92. The molecule has 0 saturated heterocycles. The Morgan fingerprint density at radius 1 is 1.25 bits per heavy atom. The summed E-state index contributed by atoms with van der Waals surface area (Å²) in [7, 11) is 0.0927. The third-order valence-corrected chi connectivity index (χ3v) is 5.30. The highest BCUT2D eigenvalue weighted by Gasteiger charge is 2.30. The molecule has 0 aliphatic rings. The molecule has 0 radical (unpaired) electrons. The summed E-state index contributed by atoms with van der Waals surface area (Å²) in [5.41, 5.74) is -0.231. The van der Waals surface area contributed by atoms with Gasteiger partial charge < -0.3 is 5.32 Å². The third-order valence-electron chi connectivity index (χ3n) is 3.49. The summed E-state index contributed by atoms with van der Waals surface area (Å²) in [6, 6.07) is 8.56. The average molecular weight is 298 g/mol. The van der Waals surface area contributed by atoms with Crippen molar-refractivity contribution in [3.63, 3.8) is 0 Å². The average Bonchev–Trinajstić information content (AvgIpc) is 2.38. The molecule has 1 unspecified atom stereocenters. The smallest absolute Gasteiger partial charge is 0.242 e. The summed E-state index contributed by atoms with van der Waals surface area (Å²) in [6.07, 6.45) is 0.915. The van der Waals surface area contributed by atoms with E-state index in [0.717, 1.165) is 6.42 Å². The van der Waals surface area contributed by atoms with Gasteiger partial charge in [0.1, 0.15) is 0 Å². The number of hydrogen-bond donors (Lipinski definition) is 1. The normalized spacial score (nSPS) is 15.6. The highest BCUT2D eigenvalue weighted by atomic mass is 32.2. The van der Waals surface area contributed by atoms with Crippen LogP contribution in [0.4, 0.5) is 0 Å². The fourth-order valence-corrected chi connectivity index (χ4v) is 3.81. The van der Waals surface area contributed by atoms with Gasteiger partial charge in [-0.3, -0.25) is 0 Å². The Hall–Kier alpha value is -0.910. The van der Waals surface area contributed by atoms with Crippen LogP contribution in [0.15, 0.2) is 35.2 Å². The van der Waals surface area contributed by atoms with E-state index in [2.05, 4.69) is 26.1 Å². The minimum atomic E-state index is -3.42. The number of sulfonamides is 1. The predicted molar refractivity (Wildman–Crippen MR) is 83.2 cm³/mol. The van der Waals surface area contributed by atoms with E-state index >= 15 is 0 Å². The first kappa shape index (κ1) is 17.1. The molecule has 5 heteroatoms. The van der Waals surface area contributed by atoms with Gasteiger partial charge in [-0.15, -0.1) is 0 Å². The van der Waals surface area contributed by atoms with Crippen LogP contribution in [0.5, 0.6) is 0 Å². The molecule has 1 aromatic carbocycles. The molecule has 0 aliphatic heterocycles. The zero-order chi connectivity index (χ0) is 15.4. The minimum absolute atomic E-state index is 0.231. The molecule has 20 heavy (non-hydrogen) atoms. The molecule has 1 atom stereocenters. The third kappa shape index (κ3) is 4.30. The molecule has 0 bridgehead atoms. The molecular formula is C15H26N2O2S. The van der Waals surface area contributed by atoms with Crippen molar-refractivity contribution in [3.8, 4) is 0 Å². The van der Waals surface area contributed by atoms with Crippen molar-refractivity contribution < 1.29 is 8.42 Å². The van der Waals surface area contributed by atoms with E-state index in [-0.39, 0.29) is 5.54 Å². The lowest BCUT2D eigenvalue weighted by atomic mass is 9.91. The van der Waals surface area contributed by atoms with Crippen LogP contribution < -0.4 is 5.32 Å². The Morgan fingerprint density at radius 3 is 2.25 bits per heavy atom. The molecule has 0 heterocycles. The van der Waals surface area contributed by atoms with E-state index in [9.17, 15) is 8.42 Å². The molecular weight excluding hydrogens is 272 g/mol. The van der Waals surface area contributed by atoms with E-state index in [1.54, 1.807) is 31.3 Å². The number of likely N-dealkylation sites (N-methyl/N-ethyl adjacent to an activating group) is 2. The summed E-state index contributed by atoms with van der Waals surface area (Å²) in [6.45, 7) is 6.78. The standard InChI is InChI=1S/C15H26N2O2S/c1-13(2)11-15(3,16-4)12-17(5)20(18,19)14-9-7-6-8-10-14/h6-10,13,16H,11-12H2,1-5H3. The molecule has 0 saturated carbocycles. The van der Waals surface area contributed by atoms with E-state index in [0.29, 0.717) is 17.4 Å². The summed E-state index contributed by atoms with van der Waals surface area (Å²) >= 11 is 0. The van der Waals surface area contributed by atoms with Gasteiger partial charge in [0, 0.05) is 19.1 Å². The highest BCUT2D eigenvalue weighted by Crippen LogP contribution is 2.21. The van der Waals surface area contributed by atoms with Crippen LogP contribution in [0.2, 0.25) is 0 Å². The van der Waals surface area contributed by atoms with Crippen LogP contribution >= 0.6 is 0 Å². The maximum Gasteiger partial charge on any atom is 0.242 e. The number of rotatable bonds is 7. The fourth-order valence-electron chi connectivity index (χ4n) is 2.50. The topological polar surface area (TPSA) is 49.4 Å². The van der Waals surface area contributed by atoms with Crippen molar-refractivity contribution in [2.75, 3.05) is 20.6 Å². The molecule has 4 nitrogen and oxygen atoms in total. The second kappa shape index (κ2) is 6.70. The zero-order valence-corrected chi connectivity index (χ0v) is 13.9. The largest absolute Gasteiger partial charge is 0.313 e. The zero-order valence-electron chi connectivity index (χ0n) is 13.1. The monoisotopic (exact) mass is 298 g/mol. The lowest BCUT2D eigenvalue weighted by Crippen LogP contribution is -2.51. The lowest BCUT2D eigenvalue weighted by Gasteiger charge is -2.34. The number of nitrogens with zero attached hydrogens (tertiary/aromatic N) is 1. The summed E-state index contributed by atoms with van der Waals surface area (Å²) in [4.78, 5) is 0.338. The van der Waals surface area contributed by atoms with Crippen LogP contribution in [0.25, 0.3) is 0 Å². The van der Waals surface area contributed by atoms with E-state index in [4.69, 9.17) is 0 Å². The maximum absolute atomic E-state index is 12.5. The number of hydrogen-bond acceptors (Lipinski definition) is 3. The Labute approximate surface area is 123 Å². The molecule has 1 N–H and O–H groups in total. The maximum atomic E-state index is 12.5. The quantitative estimate of drug-likeness (QED) is 0.840. The molecule has 0 spiro atoms. The van der Waals surface area contributed by atoms with E-state index < -0.39 is 10.0 Å². The predicted octanol–water partition coefficient (Wildman–Crippen LogP) is 2.33. The summed E-state index contributed by atoms with van der Waals surface area (Å²) in [5.74, 6) is 0.500. The first-order valence-corrected chi connectivity index (χ1v) is 8.35. The molecule has 0 aliphatic carbocycles. The highest BCUT2D eigenvalue weighted by molar-refractivity contribution is 7.89. The van der Waals surface area contributed by atoms with Gasteiger partial charge in [-0.2, -0.15) is 4.31 Å². The van der Waals surface area contributed by atoms with Crippen LogP contribution in [0.1, 0.15) is 27.2 Å². The molecule has 0 amide bonds. The van der Waals surface area contributed by atoms with Gasteiger partial charge in [-0.05, 0) is 38.4 Å². The molecule has 1 aromatic rings.